The minimum atomic E-state index is -5.12. The van der Waals surface area contributed by atoms with Crippen LogP contribution < -0.4 is 4.74 Å². The first kappa shape index (κ1) is 25.0. The van der Waals surface area contributed by atoms with Crippen molar-refractivity contribution in [2.24, 2.45) is 17.8 Å². The smallest absolute Gasteiger partial charge is 0.399 e. The third kappa shape index (κ3) is 7.48. The zero-order chi connectivity index (χ0) is 23.1. The molecular formula is C26H35F5O. The first-order valence-corrected chi connectivity index (χ1v) is 12.2. The Kier molecular flexibility index (Phi) is 9.01. The van der Waals surface area contributed by atoms with Gasteiger partial charge in [-0.15, -0.1) is 13.2 Å². The molecule has 2 aliphatic carbocycles. The van der Waals surface area contributed by atoms with Gasteiger partial charge in [-0.05, 0) is 99.2 Å². The molecule has 0 amide bonds. The van der Waals surface area contributed by atoms with Crippen molar-refractivity contribution in [3.8, 4) is 5.75 Å². The number of benzene rings is 1. The molecule has 0 unspecified atom stereocenters. The van der Waals surface area contributed by atoms with Gasteiger partial charge in [0.05, 0.1) is 0 Å². The lowest BCUT2D eigenvalue weighted by molar-refractivity contribution is -0.276. The quantitative estimate of drug-likeness (QED) is 0.279. The Morgan fingerprint density at radius 1 is 0.875 bits per heavy atom. The number of hydrogen-bond acceptors (Lipinski definition) is 1. The molecule has 1 aromatic rings. The van der Waals surface area contributed by atoms with Crippen molar-refractivity contribution in [2.75, 3.05) is 0 Å². The van der Waals surface area contributed by atoms with Crippen LogP contribution in [0.15, 0.2) is 24.3 Å². The number of halogens is 5. The summed E-state index contributed by atoms with van der Waals surface area (Å²) in [5, 5.41) is 0. The number of ether oxygens (including phenoxy) is 1. The molecule has 1 nitrogen and oxygen atoms in total. The average molecular weight is 459 g/mol. The standard InChI is InChI=1S/C26H35F5O/c1-2-3-4-5-18-6-8-19(9-7-18)10-11-20-12-14-21(15-13-20)22-16-23(27)25(24(28)17-22)32-26(29,30)31/h4-5,16-21H,2-3,6-15H2,1H3/b5-4+/t18-,19-,20-,21-. The molecule has 2 aliphatic rings. The lowest BCUT2D eigenvalue weighted by Crippen LogP contribution is -2.20. The monoisotopic (exact) mass is 458 g/mol. The Labute approximate surface area is 188 Å². The summed E-state index contributed by atoms with van der Waals surface area (Å²) in [6, 6.07) is 2.01. The molecule has 3 rings (SSSR count). The Bertz CT molecular complexity index is 718. The average Bonchev–Trinajstić information content (AvgIpc) is 2.75. The molecule has 0 atom stereocenters. The molecule has 32 heavy (non-hydrogen) atoms. The Hall–Kier alpha value is -1.59. The van der Waals surface area contributed by atoms with Crippen molar-refractivity contribution in [2.45, 2.75) is 96.3 Å². The van der Waals surface area contributed by atoms with E-state index in [9.17, 15) is 22.0 Å². The van der Waals surface area contributed by atoms with E-state index in [1.54, 1.807) is 0 Å². The molecule has 2 saturated carbocycles. The molecular weight excluding hydrogens is 423 g/mol. The van der Waals surface area contributed by atoms with Crippen molar-refractivity contribution in [1.82, 2.24) is 0 Å². The maximum atomic E-state index is 14.0. The predicted octanol–water partition coefficient (Wildman–Crippen LogP) is 9.08. The highest BCUT2D eigenvalue weighted by Crippen LogP contribution is 2.41. The third-order valence-electron chi connectivity index (χ3n) is 7.29. The molecule has 6 heteroatoms. The molecule has 180 valence electrons. The van der Waals surface area contributed by atoms with E-state index in [1.165, 1.54) is 51.4 Å². The molecule has 0 spiro atoms. The zero-order valence-electron chi connectivity index (χ0n) is 18.9. The molecule has 2 fully saturated rings. The fourth-order valence-corrected chi connectivity index (χ4v) is 5.41. The van der Waals surface area contributed by atoms with E-state index in [2.05, 4.69) is 23.8 Å². The van der Waals surface area contributed by atoms with Crippen LogP contribution in [0.2, 0.25) is 0 Å². The topological polar surface area (TPSA) is 9.23 Å². The number of hydrogen-bond donors (Lipinski definition) is 0. The van der Waals surface area contributed by atoms with Gasteiger partial charge in [0.25, 0.3) is 0 Å². The van der Waals surface area contributed by atoms with Crippen LogP contribution in [0.5, 0.6) is 5.75 Å². The van der Waals surface area contributed by atoms with E-state index in [0.29, 0.717) is 11.5 Å². The number of alkyl halides is 3. The first-order chi connectivity index (χ1) is 15.2. The van der Waals surface area contributed by atoms with Gasteiger partial charge < -0.3 is 4.74 Å². The summed E-state index contributed by atoms with van der Waals surface area (Å²) >= 11 is 0. The van der Waals surface area contributed by atoms with E-state index >= 15 is 0 Å². The fourth-order valence-electron chi connectivity index (χ4n) is 5.41. The SMILES string of the molecule is CCC/C=C/[C@H]1CC[C@H](CC[C@H]2CC[C@H](c3cc(F)c(OC(F)(F)F)c(F)c3)CC2)CC1. The number of unbranched alkanes of at least 4 members (excludes halogenated alkanes) is 1. The molecule has 0 radical (unpaired) electrons. The van der Waals surface area contributed by atoms with Gasteiger partial charge in [0.15, 0.2) is 11.6 Å². The zero-order valence-corrected chi connectivity index (χ0v) is 18.9. The van der Waals surface area contributed by atoms with Gasteiger partial charge in [0.1, 0.15) is 0 Å². The maximum absolute atomic E-state index is 14.0. The van der Waals surface area contributed by atoms with Gasteiger partial charge in [-0.3, -0.25) is 0 Å². The third-order valence-corrected chi connectivity index (χ3v) is 7.29. The summed E-state index contributed by atoms with van der Waals surface area (Å²) in [4.78, 5) is 0. The van der Waals surface area contributed by atoms with Gasteiger partial charge >= 0.3 is 6.36 Å². The van der Waals surface area contributed by atoms with Crippen molar-refractivity contribution in [3.63, 3.8) is 0 Å². The molecule has 0 N–H and O–H groups in total. The van der Waals surface area contributed by atoms with Gasteiger partial charge in [0.2, 0.25) is 5.75 Å². The van der Waals surface area contributed by atoms with Gasteiger partial charge in [-0.25, -0.2) is 8.78 Å². The van der Waals surface area contributed by atoms with Crippen LogP contribution in [0.25, 0.3) is 0 Å². The van der Waals surface area contributed by atoms with Crippen LogP contribution >= 0.6 is 0 Å². The van der Waals surface area contributed by atoms with Crippen LogP contribution in [-0.4, -0.2) is 6.36 Å². The van der Waals surface area contributed by atoms with E-state index in [4.69, 9.17) is 0 Å². The number of allylic oxidation sites excluding steroid dienone is 2. The van der Waals surface area contributed by atoms with E-state index in [-0.39, 0.29) is 5.92 Å². The van der Waals surface area contributed by atoms with Gasteiger partial charge in [-0.1, -0.05) is 38.3 Å². The Balaban J connectivity index is 1.42. The first-order valence-electron chi connectivity index (χ1n) is 12.2. The second kappa shape index (κ2) is 11.5. The summed E-state index contributed by atoms with van der Waals surface area (Å²) in [6.45, 7) is 2.20. The maximum Gasteiger partial charge on any atom is 0.573 e. The highest BCUT2D eigenvalue weighted by atomic mass is 19.4. The van der Waals surface area contributed by atoms with Crippen LogP contribution in [0.1, 0.15) is 95.5 Å². The second-order valence-electron chi connectivity index (χ2n) is 9.65. The van der Waals surface area contributed by atoms with Crippen molar-refractivity contribution >= 4 is 0 Å². The van der Waals surface area contributed by atoms with Crippen LogP contribution in [-0.2, 0) is 0 Å². The molecule has 1 aromatic carbocycles. The molecule has 0 aromatic heterocycles. The fraction of sp³-hybridized carbons (Fsp3) is 0.692. The lowest BCUT2D eigenvalue weighted by Gasteiger charge is -2.31. The van der Waals surface area contributed by atoms with E-state index < -0.39 is 23.7 Å². The minimum absolute atomic E-state index is 0.0134. The largest absolute Gasteiger partial charge is 0.573 e. The number of rotatable bonds is 8. The Morgan fingerprint density at radius 3 is 1.91 bits per heavy atom. The van der Waals surface area contributed by atoms with Crippen molar-refractivity contribution in [3.05, 3.63) is 41.5 Å². The summed E-state index contributed by atoms with van der Waals surface area (Å²) in [6.07, 6.45) is 13.3. The molecule has 0 aliphatic heterocycles. The summed E-state index contributed by atoms with van der Waals surface area (Å²) in [5.74, 6) is -1.77. The van der Waals surface area contributed by atoms with Crippen molar-refractivity contribution in [1.29, 1.82) is 0 Å². The van der Waals surface area contributed by atoms with Gasteiger partial charge in [-0.2, -0.15) is 0 Å². The van der Waals surface area contributed by atoms with E-state index in [1.807, 2.05) is 0 Å². The second-order valence-corrected chi connectivity index (χ2v) is 9.65. The highest BCUT2D eigenvalue weighted by Gasteiger charge is 2.34. The minimum Gasteiger partial charge on any atom is -0.399 e. The molecule has 0 saturated heterocycles. The lowest BCUT2D eigenvalue weighted by atomic mass is 9.74. The molecule has 0 heterocycles. The van der Waals surface area contributed by atoms with Crippen molar-refractivity contribution < 1.29 is 26.7 Å². The Morgan fingerprint density at radius 2 is 1.41 bits per heavy atom. The van der Waals surface area contributed by atoms with Crippen LogP contribution in [0.4, 0.5) is 22.0 Å². The predicted molar refractivity (Wildman–Crippen MR) is 116 cm³/mol. The molecule has 0 bridgehead atoms. The normalized spacial score (nSPS) is 27.1. The van der Waals surface area contributed by atoms with Crippen LogP contribution in [0.3, 0.4) is 0 Å². The van der Waals surface area contributed by atoms with Gasteiger partial charge in [0, 0.05) is 0 Å². The van der Waals surface area contributed by atoms with Crippen LogP contribution in [0, 0.1) is 29.4 Å². The highest BCUT2D eigenvalue weighted by molar-refractivity contribution is 5.33. The van der Waals surface area contributed by atoms with E-state index in [0.717, 1.165) is 49.7 Å². The summed E-state index contributed by atoms with van der Waals surface area (Å²) in [7, 11) is 0. The summed E-state index contributed by atoms with van der Waals surface area (Å²) < 4.78 is 68.6. The summed E-state index contributed by atoms with van der Waals surface area (Å²) in [5.41, 5.74) is 0.433.